The van der Waals surface area contributed by atoms with Gasteiger partial charge in [0.1, 0.15) is 11.5 Å². The van der Waals surface area contributed by atoms with Gasteiger partial charge < -0.3 is 24.0 Å². The van der Waals surface area contributed by atoms with Crippen LogP contribution in [0.3, 0.4) is 0 Å². The van der Waals surface area contributed by atoms with Crippen molar-refractivity contribution in [1.29, 1.82) is 0 Å². The van der Waals surface area contributed by atoms with Crippen LogP contribution in [0.15, 0.2) is 48.5 Å². The quantitative estimate of drug-likeness (QED) is 0.652. The van der Waals surface area contributed by atoms with Crippen LogP contribution in [-0.2, 0) is 14.3 Å². The van der Waals surface area contributed by atoms with Crippen LogP contribution in [-0.4, -0.2) is 62.8 Å². The van der Waals surface area contributed by atoms with Crippen molar-refractivity contribution in [3.63, 3.8) is 0 Å². The van der Waals surface area contributed by atoms with Gasteiger partial charge in [0.2, 0.25) is 0 Å². The normalized spacial score (nSPS) is 14.8. The first-order chi connectivity index (χ1) is 14.5. The Morgan fingerprint density at radius 2 is 1.77 bits per heavy atom. The number of ether oxygens (including phenoxy) is 3. The molecule has 0 saturated carbocycles. The molecule has 0 aliphatic carbocycles. The van der Waals surface area contributed by atoms with Crippen molar-refractivity contribution in [2.45, 2.75) is 20.0 Å². The van der Waals surface area contributed by atoms with Crippen LogP contribution >= 0.6 is 0 Å². The van der Waals surface area contributed by atoms with E-state index in [1.807, 2.05) is 49.4 Å². The SMILES string of the molecule is COc1ccccc1N1CCN(C(=O)COC(=O)[C@@H](C)Oc2cccc(C)c2)CC1. The number of esters is 1. The second-order valence-electron chi connectivity index (χ2n) is 7.22. The molecule has 1 fully saturated rings. The monoisotopic (exact) mass is 412 g/mol. The molecule has 160 valence electrons. The van der Waals surface area contributed by atoms with Crippen molar-refractivity contribution >= 4 is 17.6 Å². The van der Waals surface area contributed by atoms with E-state index in [4.69, 9.17) is 14.2 Å². The molecule has 7 nitrogen and oxygen atoms in total. The highest BCUT2D eigenvalue weighted by Gasteiger charge is 2.25. The molecule has 0 radical (unpaired) electrons. The molecule has 0 aromatic heterocycles. The number of carbonyl (C=O) groups excluding carboxylic acids is 2. The number of anilines is 1. The maximum absolute atomic E-state index is 12.5. The summed E-state index contributed by atoms with van der Waals surface area (Å²) in [6.07, 6.45) is -0.790. The van der Waals surface area contributed by atoms with Gasteiger partial charge in [0, 0.05) is 26.2 Å². The van der Waals surface area contributed by atoms with Gasteiger partial charge in [0.05, 0.1) is 12.8 Å². The number of para-hydroxylation sites is 2. The third-order valence-corrected chi connectivity index (χ3v) is 5.03. The summed E-state index contributed by atoms with van der Waals surface area (Å²) in [6, 6.07) is 15.3. The molecule has 1 heterocycles. The van der Waals surface area contributed by atoms with Crippen LogP contribution in [0.5, 0.6) is 11.5 Å². The minimum Gasteiger partial charge on any atom is -0.495 e. The number of nitrogens with zero attached hydrogens (tertiary/aromatic N) is 2. The highest BCUT2D eigenvalue weighted by Crippen LogP contribution is 2.28. The van der Waals surface area contributed by atoms with Crippen molar-refractivity contribution in [3.8, 4) is 11.5 Å². The lowest BCUT2D eigenvalue weighted by atomic mass is 10.2. The summed E-state index contributed by atoms with van der Waals surface area (Å²) in [5.74, 6) is 0.648. The lowest BCUT2D eigenvalue weighted by molar-refractivity contribution is -0.157. The molecule has 1 atom stereocenters. The van der Waals surface area contributed by atoms with Gasteiger partial charge in [-0.2, -0.15) is 0 Å². The fourth-order valence-corrected chi connectivity index (χ4v) is 3.37. The summed E-state index contributed by atoms with van der Waals surface area (Å²) in [7, 11) is 1.65. The average Bonchev–Trinajstić information content (AvgIpc) is 2.77. The molecule has 0 bridgehead atoms. The van der Waals surface area contributed by atoms with E-state index < -0.39 is 12.1 Å². The maximum Gasteiger partial charge on any atom is 0.347 e. The fraction of sp³-hybridized carbons (Fsp3) is 0.391. The molecule has 0 N–H and O–H groups in total. The van der Waals surface area contributed by atoms with Gasteiger partial charge in [-0.25, -0.2) is 4.79 Å². The number of piperazine rings is 1. The summed E-state index contributed by atoms with van der Waals surface area (Å²) in [6.45, 7) is 5.77. The Hall–Kier alpha value is -3.22. The molecule has 0 unspecified atom stereocenters. The van der Waals surface area contributed by atoms with Crippen molar-refractivity contribution < 1.29 is 23.8 Å². The zero-order valence-electron chi connectivity index (χ0n) is 17.7. The zero-order valence-corrected chi connectivity index (χ0v) is 17.7. The van der Waals surface area contributed by atoms with Crippen molar-refractivity contribution in [2.24, 2.45) is 0 Å². The van der Waals surface area contributed by atoms with E-state index in [0.29, 0.717) is 31.9 Å². The number of amides is 1. The number of rotatable bonds is 7. The Kier molecular flexibility index (Phi) is 7.17. The van der Waals surface area contributed by atoms with Gasteiger partial charge in [-0.15, -0.1) is 0 Å². The topological polar surface area (TPSA) is 68.3 Å². The molecule has 0 spiro atoms. The third kappa shape index (κ3) is 5.43. The van der Waals surface area contributed by atoms with E-state index in [0.717, 1.165) is 17.0 Å². The van der Waals surface area contributed by atoms with Gasteiger partial charge in [0.15, 0.2) is 12.7 Å². The minimum atomic E-state index is -0.790. The molecule has 3 rings (SSSR count). The third-order valence-electron chi connectivity index (χ3n) is 5.03. The number of methoxy groups -OCH3 is 1. The lowest BCUT2D eigenvalue weighted by Crippen LogP contribution is -2.50. The summed E-state index contributed by atoms with van der Waals surface area (Å²) < 4.78 is 16.2. The summed E-state index contributed by atoms with van der Waals surface area (Å²) in [5, 5.41) is 0. The Morgan fingerprint density at radius 3 is 2.47 bits per heavy atom. The van der Waals surface area contributed by atoms with Crippen LogP contribution < -0.4 is 14.4 Å². The number of aryl methyl sites for hydroxylation is 1. The van der Waals surface area contributed by atoms with Gasteiger partial charge in [-0.1, -0.05) is 24.3 Å². The van der Waals surface area contributed by atoms with Crippen LogP contribution in [0.1, 0.15) is 12.5 Å². The van der Waals surface area contributed by atoms with Crippen LogP contribution in [0.25, 0.3) is 0 Å². The van der Waals surface area contributed by atoms with Gasteiger partial charge in [0.25, 0.3) is 5.91 Å². The zero-order chi connectivity index (χ0) is 21.5. The number of hydrogen-bond acceptors (Lipinski definition) is 6. The largest absolute Gasteiger partial charge is 0.495 e. The Bertz CT molecular complexity index is 877. The van der Waals surface area contributed by atoms with Gasteiger partial charge >= 0.3 is 5.97 Å². The highest BCUT2D eigenvalue weighted by atomic mass is 16.6. The molecule has 1 aliphatic rings. The first-order valence-electron chi connectivity index (χ1n) is 10.0. The molecular formula is C23H28N2O5. The second-order valence-corrected chi connectivity index (χ2v) is 7.22. The Labute approximate surface area is 177 Å². The number of benzene rings is 2. The van der Waals surface area contributed by atoms with Crippen molar-refractivity contribution in [2.75, 3.05) is 44.8 Å². The molecule has 1 amide bonds. The highest BCUT2D eigenvalue weighted by molar-refractivity contribution is 5.82. The second kappa shape index (κ2) is 10.0. The van der Waals surface area contributed by atoms with Crippen molar-refractivity contribution in [1.82, 2.24) is 4.90 Å². The van der Waals surface area contributed by atoms with E-state index in [-0.39, 0.29) is 12.5 Å². The molecule has 7 heteroatoms. The van der Waals surface area contributed by atoms with E-state index >= 15 is 0 Å². The number of hydrogen-bond donors (Lipinski definition) is 0. The molecule has 2 aromatic rings. The predicted molar refractivity (Wildman–Crippen MR) is 114 cm³/mol. The van der Waals surface area contributed by atoms with Gasteiger partial charge in [-0.3, -0.25) is 4.79 Å². The van der Waals surface area contributed by atoms with Crippen LogP contribution in [0.2, 0.25) is 0 Å². The van der Waals surface area contributed by atoms with Crippen LogP contribution in [0.4, 0.5) is 5.69 Å². The summed E-state index contributed by atoms with van der Waals surface area (Å²) >= 11 is 0. The van der Waals surface area contributed by atoms with E-state index in [1.165, 1.54) is 0 Å². The summed E-state index contributed by atoms with van der Waals surface area (Å²) in [4.78, 5) is 28.5. The molecule has 1 saturated heterocycles. The fourth-order valence-electron chi connectivity index (χ4n) is 3.37. The lowest BCUT2D eigenvalue weighted by Gasteiger charge is -2.36. The Balaban J connectivity index is 1.45. The van der Waals surface area contributed by atoms with E-state index in [2.05, 4.69) is 4.90 Å². The van der Waals surface area contributed by atoms with E-state index in [9.17, 15) is 9.59 Å². The standard InChI is InChI=1S/C23H28N2O5/c1-17-7-6-8-19(15-17)30-18(2)23(27)29-16-22(26)25-13-11-24(12-14-25)20-9-4-5-10-21(20)28-3/h4-10,15,18H,11-14,16H2,1-3H3/t18-/m1/s1. The molecule has 30 heavy (non-hydrogen) atoms. The first kappa shape index (κ1) is 21.5. The average molecular weight is 412 g/mol. The van der Waals surface area contributed by atoms with Gasteiger partial charge in [-0.05, 0) is 43.7 Å². The number of carbonyl (C=O) groups is 2. The predicted octanol–water partition coefficient (Wildman–Crippen LogP) is 2.66. The first-order valence-corrected chi connectivity index (χ1v) is 10.0. The molecule has 2 aromatic carbocycles. The molecule has 1 aliphatic heterocycles. The summed E-state index contributed by atoms with van der Waals surface area (Å²) in [5.41, 5.74) is 2.05. The smallest absolute Gasteiger partial charge is 0.347 e. The van der Waals surface area contributed by atoms with Crippen molar-refractivity contribution in [3.05, 3.63) is 54.1 Å². The maximum atomic E-state index is 12.5. The van der Waals surface area contributed by atoms with E-state index in [1.54, 1.807) is 25.0 Å². The minimum absolute atomic E-state index is 0.203. The Morgan fingerprint density at radius 1 is 1.03 bits per heavy atom. The molecular weight excluding hydrogens is 384 g/mol. The van der Waals surface area contributed by atoms with Crippen LogP contribution in [0, 0.1) is 6.92 Å².